The fourth-order valence-electron chi connectivity index (χ4n) is 4.95. The molecule has 1 aliphatic carbocycles. The normalized spacial score (nSPS) is 18.5. The summed E-state index contributed by atoms with van der Waals surface area (Å²) in [4.78, 5) is 28.2. The Morgan fingerprint density at radius 1 is 1.16 bits per heavy atom. The second-order valence-electron chi connectivity index (χ2n) is 10.3. The van der Waals surface area contributed by atoms with Gasteiger partial charge in [-0.2, -0.15) is 5.10 Å². The van der Waals surface area contributed by atoms with E-state index in [-0.39, 0.29) is 17.0 Å². The summed E-state index contributed by atoms with van der Waals surface area (Å²) < 4.78 is 5.35. The molecule has 3 N–H and O–H groups in total. The van der Waals surface area contributed by atoms with Gasteiger partial charge in [-0.25, -0.2) is 4.79 Å². The topological polar surface area (TPSA) is 99.3 Å². The van der Waals surface area contributed by atoms with Gasteiger partial charge in [0.1, 0.15) is 5.75 Å². The predicted molar refractivity (Wildman–Crippen MR) is 128 cm³/mol. The first-order valence-corrected chi connectivity index (χ1v) is 14.6. The highest BCUT2D eigenvalue weighted by Crippen LogP contribution is 2.56. The van der Waals surface area contributed by atoms with E-state index in [0.29, 0.717) is 23.8 Å². The van der Waals surface area contributed by atoms with Gasteiger partial charge >= 0.3 is 6.03 Å². The third-order valence-corrected chi connectivity index (χ3v) is 11.0. The third kappa shape index (κ3) is 3.39. The summed E-state index contributed by atoms with van der Waals surface area (Å²) in [5, 5.41) is 13.3. The van der Waals surface area contributed by atoms with Crippen molar-refractivity contribution in [1.82, 2.24) is 15.1 Å². The van der Waals surface area contributed by atoms with Crippen molar-refractivity contribution < 1.29 is 14.3 Å². The fourth-order valence-corrected chi connectivity index (χ4v) is 7.55. The number of anilines is 2. The van der Waals surface area contributed by atoms with Crippen molar-refractivity contribution in [2.75, 3.05) is 17.7 Å². The van der Waals surface area contributed by atoms with E-state index in [1.165, 1.54) is 0 Å². The van der Waals surface area contributed by atoms with Crippen LogP contribution in [0.4, 0.5) is 16.3 Å². The Morgan fingerprint density at radius 3 is 2.44 bits per heavy atom. The molecule has 2 aliphatic rings. The van der Waals surface area contributed by atoms with E-state index < -0.39 is 13.6 Å². The van der Waals surface area contributed by atoms with Gasteiger partial charge in [0.2, 0.25) is 5.91 Å². The number of aromatic amines is 1. The molecule has 1 aliphatic heterocycles. The van der Waals surface area contributed by atoms with E-state index in [1.54, 1.807) is 24.1 Å². The van der Waals surface area contributed by atoms with E-state index in [4.69, 9.17) is 4.74 Å². The Morgan fingerprint density at radius 2 is 1.84 bits per heavy atom. The molecule has 0 atom stereocenters. The molecule has 4 rings (SSSR count). The lowest BCUT2D eigenvalue weighted by Gasteiger charge is -2.48. The molecule has 1 aromatic carbocycles. The SMILES string of the molecule is COc1ccccc1NC(=O)N1Cc2c(NC(=O)C3([Si](C)(C)C)CCC3)n[nH]c2C1(C)C. The van der Waals surface area contributed by atoms with Crippen LogP contribution in [-0.4, -0.2) is 42.2 Å². The number of methoxy groups -OCH3 is 1. The van der Waals surface area contributed by atoms with Gasteiger partial charge in [-0.15, -0.1) is 0 Å². The number of rotatable bonds is 5. The molecule has 1 aromatic heterocycles. The molecule has 0 saturated heterocycles. The minimum atomic E-state index is -1.69. The minimum absolute atomic E-state index is 0.0759. The van der Waals surface area contributed by atoms with Crippen molar-refractivity contribution in [3.05, 3.63) is 35.5 Å². The smallest absolute Gasteiger partial charge is 0.323 e. The van der Waals surface area contributed by atoms with Crippen molar-refractivity contribution in [3.63, 3.8) is 0 Å². The van der Waals surface area contributed by atoms with Crippen LogP contribution in [0.25, 0.3) is 0 Å². The summed E-state index contributed by atoms with van der Waals surface area (Å²) in [5.41, 5.74) is 1.71. The number of carbonyl (C=O) groups excluding carboxylic acids is 2. The molecular weight excluding hydrogens is 422 g/mol. The first kappa shape index (κ1) is 22.4. The standard InChI is InChI=1S/C23H33N5O3Si/c1-22(2)18-15(14-28(22)21(30)24-16-10-7-8-11-17(16)31-3)19(27-26-18)25-20(29)23(12-9-13-23)32(4,5)6/h7-8,10-11H,9,12-14H2,1-6H3,(H,24,30)(H2,25,26,27,29). The zero-order valence-electron chi connectivity index (χ0n) is 19.8. The molecule has 2 heterocycles. The number of amides is 3. The Kier molecular flexibility index (Phi) is 5.35. The summed E-state index contributed by atoms with van der Waals surface area (Å²) >= 11 is 0. The van der Waals surface area contributed by atoms with Crippen LogP contribution in [0.1, 0.15) is 44.4 Å². The second kappa shape index (κ2) is 7.65. The highest BCUT2D eigenvalue weighted by molar-refractivity contribution is 6.83. The monoisotopic (exact) mass is 455 g/mol. The van der Waals surface area contributed by atoms with Gasteiger partial charge in [0, 0.05) is 10.6 Å². The Balaban J connectivity index is 1.55. The molecule has 0 spiro atoms. The number of hydrogen-bond acceptors (Lipinski definition) is 4. The first-order chi connectivity index (χ1) is 15.0. The highest BCUT2D eigenvalue weighted by Gasteiger charge is 2.54. The van der Waals surface area contributed by atoms with Crippen molar-refractivity contribution in [2.24, 2.45) is 0 Å². The maximum Gasteiger partial charge on any atom is 0.323 e. The van der Waals surface area contributed by atoms with E-state index in [2.05, 4.69) is 40.5 Å². The largest absolute Gasteiger partial charge is 0.495 e. The Bertz CT molecular complexity index is 1050. The van der Waals surface area contributed by atoms with Gasteiger partial charge in [0.05, 0.1) is 38.6 Å². The number of ether oxygens (including phenoxy) is 1. The molecule has 9 heteroatoms. The van der Waals surface area contributed by atoms with Gasteiger partial charge < -0.3 is 20.3 Å². The van der Waals surface area contributed by atoms with E-state index >= 15 is 0 Å². The number of carbonyl (C=O) groups is 2. The van der Waals surface area contributed by atoms with Crippen LogP contribution in [0.15, 0.2) is 24.3 Å². The van der Waals surface area contributed by atoms with E-state index in [0.717, 1.165) is 30.5 Å². The van der Waals surface area contributed by atoms with E-state index in [1.807, 2.05) is 26.0 Å². The fraction of sp³-hybridized carbons (Fsp3) is 0.522. The lowest BCUT2D eigenvalue weighted by Crippen LogP contribution is -2.52. The van der Waals surface area contributed by atoms with Gasteiger partial charge in [-0.3, -0.25) is 9.89 Å². The maximum atomic E-state index is 13.3. The quantitative estimate of drug-likeness (QED) is 0.558. The molecule has 0 unspecified atom stereocenters. The molecule has 172 valence electrons. The maximum absolute atomic E-state index is 13.3. The van der Waals surface area contributed by atoms with Crippen LogP contribution < -0.4 is 15.4 Å². The van der Waals surface area contributed by atoms with Gasteiger partial charge in [0.15, 0.2) is 5.82 Å². The number of para-hydroxylation sites is 2. The molecule has 3 amide bonds. The number of H-pyrrole nitrogens is 1. The third-order valence-electron chi connectivity index (χ3n) is 7.37. The molecule has 0 radical (unpaired) electrons. The van der Waals surface area contributed by atoms with E-state index in [9.17, 15) is 9.59 Å². The summed E-state index contributed by atoms with van der Waals surface area (Å²) in [5.74, 6) is 1.21. The zero-order valence-corrected chi connectivity index (χ0v) is 20.8. The van der Waals surface area contributed by atoms with Crippen molar-refractivity contribution in [2.45, 2.75) is 69.9 Å². The highest BCUT2D eigenvalue weighted by atomic mass is 28.3. The van der Waals surface area contributed by atoms with Gasteiger partial charge in [-0.1, -0.05) is 38.2 Å². The predicted octanol–water partition coefficient (Wildman–Crippen LogP) is 4.90. The number of nitrogens with one attached hydrogen (secondary N) is 3. The Labute approximate surface area is 190 Å². The average Bonchev–Trinajstić information content (AvgIpc) is 3.18. The molecule has 1 saturated carbocycles. The average molecular weight is 456 g/mol. The number of benzene rings is 1. The summed E-state index contributed by atoms with van der Waals surface area (Å²) in [6.45, 7) is 11.1. The Hall–Kier alpha value is -2.81. The number of urea groups is 1. The molecule has 32 heavy (non-hydrogen) atoms. The van der Waals surface area contributed by atoms with Crippen LogP contribution in [0, 0.1) is 0 Å². The van der Waals surface area contributed by atoms with Crippen LogP contribution in [-0.2, 0) is 16.9 Å². The van der Waals surface area contributed by atoms with Crippen molar-refractivity contribution in [1.29, 1.82) is 0 Å². The number of hydrogen-bond donors (Lipinski definition) is 3. The summed E-state index contributed by atoms with van der Waals surface area (Å²) in [7, 11) is -0.120. The lowest BCUT2D eigenvalue weighted by atomic mass is 9.83. The number of fused-ring (bicyclic) bond motifs is 1. The molecule has 1 fully saturated rings. The number of aromatic nitrogens is 2. The van der Waals surface area contributed by atoms with Crippen LogP contribution in [0.3, 0.4) is 0 Å². The summed E-state index contributed by atoms with van der Waals surface area (Å²) in [6.07, 6.45) is 2.99. The van der Waals surface area contributed by atoms with Crippen molar-refractivity contribution in [3.8, 4) is 5.75 Å². The summed E-state index contributed by atoms with van der Waals surface area (Å²) in [6, 6.07) is 7.08. The first-order valence-electron chi connectivity index (χ1n) is 11.1. The molecule has 2 aromatic rings. The lowest BCUT2D eigenvalue weighted by molar-refractivity contribution is -0.121. The second-order valence-corrected chi connectivity index (χ2v) is 15.8. The van der Waals surface area contributed by atoms with Crippen LogP contribution in [0.5, 0.6) is 5.75 Å². The van der Waals surface area contributed by atoms with Crippen LogP contribution >= 0.6 is 0 Å². The van der Waals surface area contributed by atoms with Crippen molar-refractivity contribution >= 4 is 31.5 Å². The van der Waals surface area contributed by atoms with Gasteiger partial charge in [0.25, 0.3) is 0 Å². The van der Waals surface area contributed by atoms with Crippen LogP contribution in [0.2, 0.25) is 24.7 Å². The molecule has 8 nitrogen and oxygen atoms in total. The zero-order chi connectivity index (χ0) is 23.3. The number of nitrogens with zero attached hydrogens (tertiary/aromatic N) is 2. The van der Waals surface area contributed by atoms with Gasteiger partial charge in [-0.05, 0) is 38.8 Å². The molecule has 0 bridgehead atoms. The molecular formula is C23H33N5O3Si. The minimum Gasteiger partial charge on any atom is -0.495 e.